The van der Waals surface area contributed by atoms with E-state index in [1.165, 1.54) is 24.7 Å². The third-order valence-corrected chi connectivity index (χ3v) is 5.29. The topological polar surface area (TPSA) is 52.6 Å². The molecule has 3 rings (SSSR count). The molecule has 130 valence electrons. The Balaban J connectivity index is 1.84. The fraction of sp³-hybridized carbons (Fsp3) is 0.444. The van der Waals surface area contributed by atoms with Crippen molar-refractivity contribution in [1.82, 2.24) is 15.3 Å². The molecular weight excluding hydrogens is 322 g/mol. The molecule has 0 saturated heterocycles. The largest absolute Gasteiger partial charge is 0.305 e. The molecule has 0 radical (unpaired) electrons. The molecule has 5 nitrogen and oxygen atoms in total. The van der Waals surface area contributed by atoms with Gasteiger partial charge < -0.3 is 4.90 Å². The summed E-state index contributed by atoms with van der Waals surface area (Å²) in [6.07, 6.45) is 8.15. The molecule has 1 aliphatic carbocycles. The van der Waals surface area contributed by atoms with Gasteiger partial charge in [0, 0.05) is 25.5 Å². The lowest BCUT2D eigenvalue weighted by Gasteiger charge is -2.30. The highest BCUT2D eigenvalue weighted by atomic mass is 32.2. The summed E-state index contributed by atoms with van der Waals surface area (Å²) in [6, 6.07) is 7.07. The lowest BCUT2D eigenvalue weighted by Crippen LogP contribution is -2.37. The minimum atomic E-state index is -3.16. The van der Waals surface area contributed by atoms with Gasteiger partial charge in [0.05, 0.1) is 10.6 Å². The summed E-state index contributed by atoms with van der Waals surface area (Å²) < 4.78 is 23.2. The summed E-state index contributed by atoms with van der Waals surface area (Å²) in [7, 11) is 0.952. The highest BCUT2D eigenvalue weighted by molar-refractivity contribution is 7.90. The van der Waals surface area contributed by atoms with Crippen LogP contribution in [0.15, 0.2) is 47.0 Å². The van der Waals surface area contributed by atoms with Crippen LogP contribution in [0.5, 0.6) is 0 Å². The molecule has 1 aromatic carbocycles. The summed E-state index contributed by atoms with van der Waals surface area (Å²) in [5, 5.41) is 2.16. The molecule has 0 spiro atoms. The maximum Gasteiger partial charge on any atom is 0.175 e. The monoisotopic (exact) mass is 347 g/mol. The van der Waals surface area contributed by atoms with Crippen molar-refractivity contribution >= 4 is 15.5 Å². The zero-order chi connectivity index (χ0) is 17.3. The van der Waals surface area contributed by atoms with E-state index < -0.39 is 9.84 Å². The second-order valence-electron chi connectivity index (χ2n) is 7.00. The standard InChI is InChI=1S/C18H25N3O2S/c1-20(2)11-15-10-18(19-21(13-15)12-14-4-5-14)16-6-8-17(9-7-16)24(3,22)23/h6-10,13-14,19H,4-5,11-12H2,1-3H3. The second kappa shape index (κ2) is 6.61. The van der Waals surface area contributed by atoms with Crippen LogP contribution in [-0.2, 0) is 9.84 Å². The summed E-state index contributed by atoms with van der Waals surface area (Å²) >= 11 is 0. The fourth-order valence-corrected chi connectivity index (χ4v) is 3.43. The molecule has 1 aliphatic heterocycles. The SMILES string of the molecule is CN(C)CC1=CN(CC2CC2)NC(c2ccc(S(C)(=O)=O)cc2)=C1. The van der Waals surface area contributed by atoms with E-state index in [0.717, 1.165) is 30.3 Å². The number of sulfone groups is 1. The van der Waals surface area contributed by atoms with Gasteiger partial charge in [-0.1, -0.05) is 12.1 Å². The third kappa shape index (κ3) is 4.39. The lowest BCUT2D eigenvalue weighted by atomic mass is 10.1. The Kier molecular flexibility index (Phi) is 4.69. The quantitative estimate of drug-likeness (QED) is 0.854. The van der Waals surface area contributed by atoms with Crippen molar-refractivity contribution in [3.05, 3.63) is 47.7 Å². The Morgan fingerprint density at radius 3 is 2.42 bits per heavy atom. The van der Waals surface area contributed by atoms with Gasteiger partial charge in [0.25, 0.3) is 0 Å². The van der Waals surface area contributed by atoms with Gasteiger partial charge in [0.1, 0.15) is 0 Å². The van der Waals surface area contributed by atoms with E-state index in [9.17, 15) is 8.42 Å². The molecule has 2 aliphatic rings. The predicted molar refractivity (Wildman–Crippen MR) is 96.7 cm³/mol. The summed E-state index contributed by atoms with van der Waals surface area (Å²) in [5.74, 6) is 0.779. The lowest BCUT2D eigenvalue weighted by molar-refractivity contribution is 0.301. The molecular formula is C18H25N3O2S. The zero-order valence-electron chi connectivity index (χ0n) is 14.5. The Hall–Kier alpha value is -1.79. The molecule has 0 bridgehead atoms. The molecule has 0 aromatic heterocycles. The first-order chi connectivity index (χ1) is 11.3. The Morgan fingerprint density at radius 2 is 1.88 bits per heavy atom. The van der Waals surface area contributed by atoms with E-state index >= 15 is 0 Å². The second-order valence-corrected chi connectivity index (χ2v) is 9.02. The summed E-state index contributed by atoms with van der Waals surface area (Å²) in [4.78, 5) is 2.49. The molecule has 0 atom stereocenters. The molecule has 1 fully saturated rings. The van der Waals surface area contributed by atoms with E-state index in [1.807, 2.05) is 12.1 Å². The van der Waals surface area contributed by atoms with Crippen molar-refractivity contribution in [3.8, 4) is 0 Å². The van der Waals surface area contributed by atoms with Gasteiger partial charge >= 0.3 is 0 Å². The highest BCUT2D eigenvalue weighted by Crippen LogP contribution is 2.31. The van der Waals surface area contributed by atoms with Gasteiger partial charge in [-0.15, -0.1) is 0 Å². The maximum atomic E-state index is 11.6. The minimum absolute atomic E-state index is 0.349. The van der Waals surface area contributed by atoms with Gasteiger partial charge in [0.2, 0.25) is 0 Å². The zero-order valence-corrected chi connectivity index (χ0v) is 15.3. The van der Waals surface area contributed by atoms with Gasteiger partial charge in [-0.2, -0.15) is 0 Å². The van der Waals surface area contributed by atoms with Crippen LogP contribution in [0.2, 0.25) is 0 Å². The fourth-order valence-electron chi connectivity index (χ4n) is 2.80. The van der Waals surface area contributed by atoms with Crippen LogP contribution < -0.4 is 5.43 Å². The third-order valence-electron chi connectivity index (χ3n) is 4.16. The summed E-state index contributed by atoms with van der Waals surface area (Å²) in [5.41, 5.74) is 6.69. The number of hydrogen-bond acceptors (Lipinski definition) is 5. The van der Waals surface area contributed by atoms with E-state index in [0.29, 0.717) is 4.90 Å². The number of hydrogen-bond donors (Lipinski definition) is 1. The maximum absolute atomic E-state index is 11.6. The molecule has 0 amide bonds. The van der Waals surface area contributed by atoms with Crippen molar-refractivity contribution < 1.29 is 8.42 Å². The average molecular weight is 347 g/mol. The van der Waals surface area contributed by atoms with E-state index in [4.69, 9.17) is 0 Å². The van der Waals surface area contributed by atoms with Gasteiger partial charge in [-0.25, -0.2) is 8.42 Å². The Bertz CT molecular complexity index is 760. The normalized spacial score (nSPS) is 18.2. The molecule has 24 heavy (non-hydrogen) atoms. The van der Waals surface area contributed by atoms with Crippen LogP contribution in [-0.4, -0.2) is 51.8 Å². The van der Waals surface area contributed by atoms with Crippen LogP contribution in [0, 0.1) is 5.92 Å². The van der Waals surface area contributed by atoms with Crippen LogP contribution in [0.1, 0.15) is 18.4 Å². The van der Waals surface area contributed by atoms with E-state index in [2.05, 4.69) is 41.7 Å². The molecule has 0 unspecified atom stereocenters. The van der Waals surface area contributed by atoms with Crippen molar-refractivity contribution in [3.63, 3.8) is 0 Å². The molecule has 1 saturated carbocycles. The van der Waals surface area contributed by atoms with Crippen LogP contribution in [0.4, 0.5) is 0 Å². The van der Waals surface area contributed by atoms with Gasteiger partial charge in [-0.05, 0) is 62.2 Å². The van der Waals surface area contributed by atoms with Crippen molar-refractivity contribution in [2.24, 2.45) is 5.92 Å². The number of likely N-dealkylation sites (N-methyl/N-ethyl adjacent to an activating group) is 1. The van der Waals surface area contributed by atoms with Crippen LogP contribution in [0.3, 0.4) is 0 Å². The molecule has 1 aromatic rings. The molecule has 6 heteroatoms. The van der Waals surface area contributed by atoms with Crippen molar-refractivity contribution in [2.45, 2.75) is 17.7 Å². The van der Waals surface area contributed by atoms with Gasteiger partial charge in [0.15, 0.2) is 9.84 Å². The van der Waals surface area contributed by atoms with Gasteiger partial charge in [-0.3, -0.25) is 10.4 Å². The summed E-state index contributed by atoms with van der Waals surface area (Å²) in [6.45, 7) is 1.88. The van der Waals surface area contributed by atoms with Crippen LogP contribution in [0.25, 0.3) is 5.70 Å². The number of nitrogens with zero attached hydrogens (tertiary/aromatic N) is 2. The number of rotatable bonds is 6. The first kappa shape index (κ1) is 17.0. The van der Waals surface area contributed by atoms with Crippen LogP contribution >= 0.6 is 0 Å². The molecule has 1 heterocycles. The molecule has 1 N–H and O–H groups in total. The smallest absolute Gasteiger partial charge is 0.175 e. The van der Waals surface area contributed by atoms with E-state index in [-0.39, 0.29) is 0 Å². The number of benzene rings is 1. The predicted octanol–water partition coefficient (Wildman–Crippen LogP) is 2.11. The van der Waals surface area contributed by atoms with Crippen molar-refractivity contribution in [1.29, 1.82) is 0 Å². The van der Waals surface area contributed by atoms with E-state index in [1.54, 1.807) is 12.1 Å². The average Bonchev–Trinajstić information content (AvgIpc) is 3.29. The first-order valence-corrected chi connectivity index (χ1v) is 10.1. The Morgan fingerprint density at radius 1 is 1.21 bits per heavy atom. The highest BCUT2D eigenvalue weighted by Gasteiger charge is 2.25. The van der Waals surface area contributed by atoms with Crippen molar-refractivity contribution in [2.75, 3.05) is 33.4 Å². The number of nitrogens with one attached hydrogen (secondary N) is 1. The minimum Gasteiger partial charge on any atom is -0.305 e. The first-order valence-electron chi connectivity index (χ1n) is 8.22. The number of hydrazine groups is 1. The Labute approximate surface area is 144 Å².